The molecule has 0 atom stereocenters. The van der Waals surface area contributed by atoms with Crippen LogP contribution >= 0.6 is 0 Å². The van der Waals surface area contributed by atoms with Crippen molar-refractivity contribution in [3.63, 3.8) is 0 Å². The van der Waals surface area contributed by atoms with E-state index < -0.39 is 30.8 Å². The average Bonchev–Trinajstić information content (AvgIpc) is 2.95. The van der Waals surface area contributed by atoms with Gasteiger partial charge in [0.05, 0.1) is 24.3 Å². The third kappa shape index (κ3) is 2.94. The predicted octanol–water partition coefficient (Wildman–Crippen LogP) is 3.93. The smallest absolute Gasteiger partial charge is 0.381 e. The number of pyridine rings is 1. The van der Waals surface area contributed by atoms with Crippen LogP contribution in [0.3, 0.4) is 0 Å². The van der Waals surface area contributed by atoms with Crippen LogP contribution in [0.2, 0.25) is 0 Å². The minimum Gasteiger partial charge on any atom is -0.381 e. The number of rotatable bonds is 2. The zero-order chi connectivity index (χ0) is 17.8. The van der Waals surface area contributed by atoms with Gasteiger partial charge in [-0.25, -0.2) is 13.8 Å². The standard InChI is InChI=1S/C16H16F5N3O/c17-15(18)7-24(8-15)13-10-5-12(9-1-3-25-4-2-9)23-14(10)22-6-11(13)16(19,20)21/h5-6,9H,1-4,7-8H2,(H,22,23). The summed E-state index contributed by atoms with van der Waals surface area (Å²) in [5.74, 6) is -2.82. The average molecular weight is 361 g/mol. The van der Waals surface area contributed by atoms with Crippen LogP contribution in [0.25, 0.3) is 11.0 Å². The number of fused-ring (bicyclic) bond motifs is 1. The van der Waals surface area contributed by atoms with E-state index in [1.165, 1.54) is 0 Å². The Bertz CT molecular complexity index is 787. The molecule has 0 radical (unpaired) electrons. The Labute approximate surface area is 140 Å². The molecule has 2 aliphatic rings. The van der Waals surface area contributed by atoms with Crippen molar-refractivity contribution in [1.29, 1.82) is 0 Å². The van der Waals surface area contributed by atoms with Crippen molar-refractivity contribution >= 4 is 16.7 Å². The van der Waals surface area contributed by atoms with Crippen molar-refractivity contribution in [1.82, 2.24) is 9.97 Å². The molecule has 2 aliphatic heterocycles. The Balaban J connectivity index is 1.80. The normalized spacial score (nSPS) is 21.6. The number of nitrogens with one attached hydrogen (secondary N) is 1. The van der Waals surface area contributed by atoms with Crippen LogP contribution in [-0.4, -0.2) is 42.2 Å². The van der Waals surface area contributed by atoms with Crippen molar-refractivity contribution in [3.8, 4) is 0 Å². The zero-order valence-electron chi connectivity index (χ0n) is 13.2. The van der Waals surface area contributed by atoms with Crippen molar-refractivity contribution in [2.45, 2.75) is 30.9 Å². The maximum atomic E-state index is 13.4. The van der Waals surface area contributed by atoms with Crippen LogP contribution in [0.5, 0.6) is 0 Å². The molecule has 136 valence electrons. The fourth-order valence-electron chi connectivity index (χ4n) is 3.53. The van der Waals surface area contributed by atoms with Crippen LogP contribution in [-0.2, 0) is 10.9 Å². The molecular formula is C16H16F5N3O. The Morgan fingerprint density at radius 1 is 1.20 bits per heavy atom. The monoisotopic (exact) mass is 361 g/mol. The molecule has 0 spiro atoms. The summed E-state index contributed by atoms with van der Waals surface area (Å²) in [6.45, 7) is -0.251. The molecule has 4 heterocycles. The Kier molecular flexibility index (Phi) is 3.68. The molecule has 0 bridgehead atoms. The Morgan fingerprint density at radius 2 is 1.88 bits per heavy atom. The first-order valence-electron chi connectivity index (χ1n) is 8.04. The lowest BCUT2D eigenvalue weighted by molar-refractivity contribution is -0.137. The van der Waals surface area contributed by atoms with Crippen LogP contribution in [0.15, 0.2) is 12.3 Å². The lowest BCUT2D eigenvalue weighted by Crippen LogP contribution is -2.56. The number of anilines is 1. The van der Waals surface area contributed by atoms with E-state index in [0.717, 1.165) is 29.6 Å². The van der Waals surface area contributed by atoms with Gasteiger partial charge in [-0.1, -0.05) is 0 Å². The molecule has 0 aromatic carbocycles. The first-order valence-corrected chi connectivity index (χ1v) is 8.04. The summed E-state index contributed by atoms with van der Waals surface area (Å²) in [5.41, 5.74) is -0.121. The molecule has 2 saturated heterocycles. The highest BCUT2D eigenvalue weighted by Crippen LogP contribution is 2.44. The van der Waals surface area contributed by atoms with Crippen LogP contribution in [0.4, 0.5) is 27.6 Å². The zero-order valence-corrected chi connectivity index (χ0v) is 13.2. The minimum atomic E-state index is -4.66. The van der Waals surface area contributed by atoms with Gasteiger partial charge in [0.2, 0.25) is 0 Å². The summed E-state index contributed by atoms with van der Waals surface area (Å²) in [4.78, 5) is 8.02. The van der Waals surface area contributed by atoms with E-state index in [2.05, 4.69) is 9.97 Å². The third-order valence-electron chi connectivity index (χ3n) is 4.78. The van der Waals surface area contributed by atoms with Gasteiger partial charge in [0, 0.05) is 36.4 Å². The highest BCUT2D eigenvalue weighted by atomic mass is 19.4. The number of H-pyrrole nitrogens is 1. The molecule has 2 aromatic rings. The molecule has 4 rings (SSSR count). The first-order chi connectivity index (χ1) is 11.7. The van der Waals surface area contributed by atoms with Crippen LogP contribution in [0, 0.1) is 0 Å². The van der Waals surface area contributed by atoms with E-state index in [-0.39, 0.29) is 17.0 Å². The maximum Gasteiger partial charge on any atom is 0.419 e. The number of hydrogen-bond acceptors (Lipinski definition) is 3. The van der Waals surface area contributed by atoms with E-state index in [0.29, 0.717) is 18.9 Å². The van der Waals surface area contributed by atoms with Gasteiger partial charge in [0.1, 0.15) is 5.65 Å². The van der Waals surface area contributed by atoms with E-state index in [9.17, 15) is 22.0 Å². The third-order valence-corrected chi connectivity index (χ3v) is 4.78. The van der Waals surface area contributed by atoms with Crippen molar-refractivity contribution < 1.29 is 26.7 Å². The molecule has 0 unspecified atom stereocenters. The van der Waals surface area contributed by atoms with Gasteiger partial charge in [-0.3, -0.25) is 0 Å². The molecule has 9 heteroatoms. The largest absolute Gasteiger partial charge is 0.419 e. The highest BCUT2D eigenvalue weighted by molar-refractivity contribution is 5.93. The lowest BCUT2D eigenvalue weighted by atomic mass is 9.96. The number of aromatic nitrogens is 2. The lowest BCUT2D eigenvalue weighted by Gasteiger charge is -2.41. The van der Waals surface area contributed by atoms with Gasteiger partial charge in [0.25, 0.3) is 5.92 Å². The first kappa shape index (κ1) is 16.6. The molecule has 25 heavy (non-hydrogen) atoms. The Hall–Kier alpha value is -1.90. The van der Waals surface area contributed by atoms with Gasteiger partial charge < -0.3 is 14.6 Å². The topological polar surface area (TPSA) is 41.2 Å². The van der Waals surface area contributed by atoms with Crippen molar-refractivity contribution in [2.75, 3.05) is 31.2 Å². The summed E-state index contributed by atoms with van der Waals surface area (Å²) in [6, 6.07) is 1.62. The van der Waals surface area contributed by atoms with E-state index >= 15 is 0 Å². The second-order valence-electron chi connectivity index (χ2n) is 6.60. The molecule has 0 saturated carbocycles. The molecular weight excluding hydrogens is 345 g/mol. The number of aromatic amines is 1. The minimum absolute atomic E-state index is 0.142. The summed E-state index contributed by atoms with van der Waals surface area (Å²) in [6.07, 6.45) is -2.41. The SMILES string of the molecule is FC1(F)CN(c2c(C(F)(F)F)cnc3[nH]c(C4CCOCC4)cc23)C1. The van der Waals surface area contributed by atoms with Crippen LogP contribution in [0.1, 0.15) is 30.0 Å². The van der Waals surface area contributed by atoms with Gasteiger partial charge in [0.15, 0.2) is 0 Å². The number of nitrogens with zero attached hydrogens (tertiary/aromatic N) is 2. The second-order valence-corrected chi connectivity index (χ2v) is 6.60. The fraction of sp³-hybridized carbons (Fsp3) is 0.562. The van der Waals surface area contributed by atoms with Gasteiger partial charge in [-0.15, -0.1) is 0 Å². The second kappa shape index (κ2) is 5.55. The quantitative estimate of drug-likeness (QED) is 0.824. The maximum absolute atomic E-state index is 13.4. The molecule has 0 amide bonds. The number of hydrogen-bond donors (Lipinski definition) is 1. The Morgan fingerprint density at radius 3 is 2.48 bits per heavy atom. The van der Waals surface area contributed by atoms with Gasteiger partial charge in [-0.05, 0) is 18.9 Å². The summed E-state index contributed by atoms with van der Waals surface area (Å²) in [5, 5.41) is 0.242. The molecule has 4 nitrogen and oxygen atoms in total. The molecule has 1 N–H and O–H groups in total. The van der Waals surface area contributed by atoms with E-state index in [1.54, 1.807) is 6.07 Å². The van der Waals surface area contributed by atoms with Crippen molar-refractivity contribution in [3.05, 3.63) is 23.5 Å². The highest BCUT2D eigenvalue weighted by Gasteiger charge is 2.48. The number of alkyl halides is 5. The number of halogens is 5. The molecule has 2 aromatic heterocycles. The summed E-state index contributed by atoms with van der Waals surface area (Å²) in [7, 11) is 0. The predicted molar refractivity (Wildman–Crippen MR) is 81.0 cm³/mol. The van der Waals surface area contributed by atoms with E-state index in [4.69, 9.17) is 4.74 Å². The molecule has 2 fully saturated rings. The number of ether oxygens (including phenoxy) is 1. The summed E-state index contributed by atoms with van der Waals surface area (Å²) < 4.78 is 71.9. The van der Waals surface area contributed by atoms with Gasteiger partial charge in [-0.2, -0.15) is 13.2 Å². The van der Waals surface area contributed by atoms with Crippen LogP contribution < -0.4 is 4.90 Å². The molecule has 0 aliphatic carbocycles. The van der Waals surface area contributed by atoms with Gasteiger partial charge >= 0.3 is 6.18 Å². The summed E-state index contributed by atoms with van der Waals surface area (Å²) >= 11 is 0. The van der Waals surface area contributed by atoms with E-state index in [1.807, 2.05) is 0 Å². The fourth-order valence-corrected chi connectivity index (χ4v) is 3.53. The van der Waals surface area contributed by atoms with Crippen molar-refractivity contribution in [2.24, 2.45) is 0 Å².